The summed E-state index contributed by atoms with van der Waals surface area (Å²) in [4.78, 5) is 15.8. The van der Waals surface area contributed by atoms with E-state index in [1.165, 1.54) is 17.5 Å². The normalized spacial score (nSPS) is 10.1. The summed E-state index contributed by atoms with van der Waals surface area (Å²) in [5.74, 6) is 4.70. The summed E-state index contributed by atoms with van der Waals surface area (Å²) in [6, 6.07) is 7.26. The zero-order valence-corrected chi connectivity index (χ0v) is 9.68. The lowest BCUT2D eigenvalue weighted by molar-refractivity contribution is 0.0957. The molecular weight excluding hydrogens is 246 g/mol. The molecule has 0 unspecified atom stereocenters. The molecule has 0 atom stereocenters. The van der Waals surface area contributed by atoms with Gasteiger partial charge >= 0.3 is 0 Å². The van der Waals surface area contributed by atoms with Gasteiger partial charge in [-0.05, 0) is 12.1 Å². The Labute approximate surface area is 101 Å². The molecule has 1 aromatic carbocycles. The van der Waals surface area contributed by atoms with E-state index in [1.54, 1.807) is 12.1 Å². The van der Waals surface area contributed by atoms with Gasteiger partial charge < -0.3 is 0 Å². The van der Waals surface area contributed by atoms with Crippen molar-refractivity contribution in [1.29, 1.82) is 0 Å². The van der Waals surface area contributed by atoms with E-state index in [-0.39, 0.29) is 5.91 Å². The summed E-state index contributed by atoms with van der Waals surface area (Å²) in [5.41, 5.74) is 2.99. The van der Waals surface area contributed by atoms with Crippen LogP contribution in [0.5, 0.6) is 0 Å². The first-order valence-electron chi connectivity index (χ1n) is 4.43. The van der Waals surface area contributed by atoms with Gasteiger partial charge in [0.25, 0.3) is 5.91 Å². The Balaban J connectivity index is 2.31. The van der Waals surface area contributed by atoms with Crippen molar-refractivity contribution in [2.45, 2.75) is 0 Å². The maximum Gasteiger partial charge on any atom is 0.276 e. The van der Waals surface area contributed by atoms with Gasteiger partial charge in [0, 0.05) is 10.6 Å². The number of rotatable bonds is 2. The predicted octanol–water partition coefficient (Wildman–Crippen LogP) is 2.07. The number of amides is 1. The number of benzene rings is 1. The Kier molecular flexibility index (Phi) is 3.19. The second-order valence-electron chi connectivity index (χ2n) is 3.01. The molecule has 0 saturated heterocycles. The Morgan fingerprint density at radius 3 is 2.69 bits per heavy atom. The summed E-state index contributed by atoms with van der Waals surface area (Å²) in [6.07, 6.45) is 1.50. The van der Waals surface area contributed by atoms with Crippen LogP contribution in [0.1, 0.15) is 9.67 Å². The number of aromatic nitrogens is 1. The van der Waals surface area contributed by atoms with Crippen LogP contribution < -0.4 is 11.3 Å². The number of halogens is 1. The third-order valence-corrected chi connectivity index (χ3v) is 3.25. The second kappa shape index (κ2) is 4.61. The monoisotopic (exact) mass is 253 g/mol. The summed E-state index contributed by atoms with van der Waals surface area (Å²) in [5, 5.41) is 1.43. The highest BCUT2D eigenvalue weighted by atomic mass is 35.5. The SMILES string of the molecule is NNC(=O)c1cnc(-c2ccc(Cl)cc2)s1. The van der Waals surface area contributed by atoms with Gasteiger partial charge in [0.1, 0.15) is 9.88 Å². The number of nitrogens with one attached hydrogen (secondary N) is 1. The minimum atomic E-state index is -0.335. The van der Waals surface area contributed by atoms with Crippen LogP contribution in [0.4, 0.5) is 0 Å². The van der Waals surface area contributed by atoms with Gasteiger partial charge in [-0.3, -0.25) is 10.2 Å². The number of thiazole rings is 1. The van der Waals surface area contributed by atoms with E-state index < -0.39 is 0 Å². The van der Waals surface area contributed by atoms with Crippen LogP contribution in [0.15, 0.2) is 30.5 Å². The van der Waals surface area contributed by atoms with E-state index in [0.29, 0.717) is 9.90 Å². The molecule has 0 aliphatic carbocycles. The van der Waals surface area contributed by atoms with E-state index in [1.807, 2.05) is 12.1 Å². The Hall–Kier alpha value is -1.43. The first-order chi connectivity index (χ1) is 7.70. The van der Waals surface area contributed by atoms with Crippen molar-refractivity contribution in [2.24, 2.45) is 5.84 Å². The van der Waals surface area contributed by atoms with Crippen molar-refractivity contribution in [3.63, 3.8) is 0 Å². The van der Waals surface area contributed by atoms with Crippen LogP contribution in [0.3, 0.4) is 0 Å². The molecule has 0 bridgehead atoms. The standard InChI is InChI=1S/C10H8ClN3OS/c11-7-3-1-6(2-4-7)10-13-5-8(16-10)9(15)14-12/h1-5H,12H2,(H,14,15). The summed E-state index contributed by atoms with van der Waals surface area (Å²) >= 11 is 7.06. The van der Waals surface area contributed by atoms with Crippen molar-refractivity contribution in [2.75, 3.05) is 0 Å². The molecule has 4 nitrogen and oxygen atoms in total. The topological polar surface area (TPSA) is 68.0 Å². The zero-order chi connectivity index (χ0) is 11.5. The number of nitrogens with two attached hydrogens (primary N) is 1. The number of hydrazine groups is 1. The highest BCUT2D eigenvalue weighted by molar-refractivity contribution is 7.16. The fourth-order valence-corrected chi connectivity index (χ4v) is 2.13. The molecule has 0 fully saturated rings. The highest BCUT2D eigenvalue weighted by Gasteiger charge is 2.09. The van der Waals surface area contributed by atoms with Crippen LogP contribution in [-0.2, 0) is 0 Å². The number of nitrogens with zero attached hydrogens (tertiary/aromatic N) is 1. The number of carbonyl (C=O) groups excluding carboxylic acids is 1. The van der Waals surface area contributed by atoms with Crippen molar-refractivity contribution >= 4 is 28.8 Å². The molecular formula is C10H8ClN3OS. The Morgan fingerprint density at radius 2 is 2.06 bits per heavy atom. The lowest BCUT2D eigenvalue weighted by atomic mass is 10.2. The molecule has 2 rings (SSSR count). The highest BCUT2D eigenvalue weighted by Crippen LogP contribution is 2.26. The van der Waals surface area contributed by atoms with Crippen molar-refractivity contribution in [3.05, 3.63) is 40.4 Å². The van der Waals surface area contributed by atoms with Crippen LogP contribution in [0.2, 0.25) is 5.02 Å². The molecule has 2 aromatic rings. The molecule has 0 aliphatic rings. The minimum Gasteiger partial charge on any atom is -0.289 e. The van der Waals surface area contributed by atoms with Gasteiger partial charge in [-0.15, -0.1) is 11.3 Å². The lowest BCUT2D eigenvalue weighted by Crippen LogP contribution is -2.29. The quantitative estimate of drug-likeness (QED) is 0.489. The predicted molar refractivity (Wildman–Crippen MR) is 64.2 cm³/mol. The lowest BCUT2D eigenvalue weighted by Gasteiger charge is -1.95. The molecule has 0 saturated carbocycles. The Bertz CT molecular complexity index is 509. The third kappa shape index (κ3) is 2.21. The van der Waals surface area contributed by atoms with Crippen molar-refractivity contribution < 1.29 is 4.79 Å². The number of nitrogen functional groups attached to an aromatic ring is 1. The van der Waals surface area contributed by atoms with Crippen LogP contribution >= 0.6 is 22.9 Å². The van der Waals surface area contributed by atoms with Crippen molar-refractivity contribution in [3.8, 4) is 10.6 Å². The van der Waals surface area contributed by atoms with Gasteiger partial charge in [-0.25, -0.2) is 10.8 Å². The molecule has 16 heavy (non-hydrogen) atoms. The Morgan fingerprint density at radius 1 is 1.38 bits per heavy atom. The molecule has 0 radical (unpaired) electrons. The maximum absolute atomic E-state index is 11.2. The number of hydrogen-bond acceptors (Lipinski definition) is 4. The van der Waals surface area contributed by atoms with Gasteiger partial charge in [-0.1, -0.05) is 23.7 Å². The van der Waals surface area contributed by atoms with Crippen LogP contribution in [0, 0.1) is 0 Å². The molecule has 3 N–H and O–H groups in total. The molecule has 82 valence electrons. The fourth-order valence-electron chi connectivity index (χ4n) is 1.18. The molecule has 1 aromatic heterocycles. The summed E-state index contributed by atoms with van der Waals surface area (Å²) in [7, 11) is 0. The van der Waals surface area contributed by atoms with Gasteiger partial charge in [0.15, 0.2) is 0 Å². The average molecular weight is 254 g/mol. The summed E-state index contributed by atoms with van der Waals surface area (Å²) in [6.45, 7) is 0. The second-order valence-corrected chi connectivity index (χ2v) is 4.48. The van der Waals surface area contributed by atoms with Gasteiger partial charge in [0.2, 0.25) is 0 Å². The first-order valence-corrected chi connectivity index (χ1v) is 5.63. The average Bonchev–Trinajstić information content (AvgIpc) is 2.78. The smallest absolute Gasteiger partial charge is 0.276 e. The first kappa shape index (κ1) is 11.1. The molecule has 1 amide bonds. The van der Waals surface area contributed by atoms with Crippen LogP contribution in [-0.4, -0.2) is 10.9 Å². The number of hydrogen-bond donors (Lipinski definition) is 2. The third-order valence-electron chi connectivity index (χ3n) is 1.95. The van der Waals surface area contributed by atoms with Crippen molar-refractivity contribution in [1.82, 2.24) is 10.4 Å². The van der Waals surface area contributed by atoms with Crippen LogP contribution in [0.25, 0.3) is 10.6 Å². The van der Waals surface area contributed by atoms with E-state index in [0.717, 1.165) is 10.6 Å². The van der Waals surface area contributed by atoms with E-state index in [2.05, 4.69) is 10.4 Å². The molecule has 6 heteroatoms. The fraction of sp³-hybridized carbons (Fsp3) is 0. The zero-order valence-electron chi connectivity index (χ0n) is 8.11. The molecule has 0 spiro atoms. The molecule has 1 heterocycles. The number of carbonyl (C=O) groups is 1. The van der Waals surface area contributed by atoms with E-state index in [9.17, 15) is 4.79 Å². The maximum atomic E-state index is 11.2. The van der Waals surface area contributed by atoms with Gasteiger partial charge in [0.05, 0.1) is 6.20 Å². The van der Waals surface area contributed by atoms with Gasteiger partial charge in [-0.2, -0.15) is 0 Å². The largest absolute Gasteiger partial charge is 0.289 e. The molecule has 0 aliphatic heterocycles. The van der Waals surface area contributed by atoms with E-state index >= 15 is 0 Å². The minimum absolute atomic E-state index is 0.335. The van der Waals surface area contributed by atoms with E-state index in [4.69, 9.17) is 17.4 Å². The summed E-state index contributed by atoms with van der Waals surface area (Å²) < 4.78 is 0.